The molecule has 0 aromatic carbocycles. The number of tetrazole rings is 1. The van der Waals surface area contributed by atoms with Gasteiger partial charge in [-0.1, -0.05) is 6.92 Å². The summed E-state index contributed by atoms with van der Waals surface area (Å²) in [6.45, 7) is 10.1. The highest BCUT2D eigenvalue weighted by Crippen LogP contribution is 2.33. The Morgan fingerprint density at radius 3 is 3.00 bits per heavy atom. The van der Waals surface area contributed by atoms with Gasteiger partial charge in [-0.15, -0.1) is 5.10 Å². The van der Waals surface area contributed by atoms with Crippen LogP contribution in [0.5, 0.6) is 0 Å². The molecule has 1 saturated heterocycles. The standard InChI is InChI=1S/C11H21N5O/c1-5-12-8(2)10-13-14-15-16(10)11(4)6-7-17-9(11)3/h8-9,12H,5-7H2,1-4H3. The summed E-state index contributed by atoms with van der Waals surface area (Å²) in [6, 6.07) is 0.152. The van der Waals surface area contributed by atoms with E-state index in [1.54, 1.807) is 0 Å². The van der Waals surface area contributed by atoms with Gasteiger partial charge in [-0.05, 0) is 44.2 Å². The van der Waals surface area contributed by atoms with Gasteiger partial charge in [0.05, 0.1) is 17.7 Å². The van der Waals surface area contributed by atoms with Crippen molar-refractivity contribution in [3.05, 3.63) is 5.82 Å². The SMILES string of the molecule is CCNC(C)c1nnnn1C1(C)CCOC1C. The maximum absolute atomic E-state index is 5.65. The number of hydrogen-bond acceptors (Lipinski definition) is 5. The Morgan fingerprint density at radius 1 is 1.65 bits per heavy atom. The third-order valence-corrected chi connectivity index (χ3v) is 3.73. The molecule has 3 unspecified atom stereocenters. The van der Waals surface area contributed by atoms with Gasteiger partial charge >= 0.3 is 0 Å². The van der Waals surface area contributed by atoms with Gasteiger partial charge in [-0.3, -0.25) is 0 Å². The van der Waals surface area contributed by atoms with Crippen molar-refractivity contribution in [3.8, 4) is 0 Å². The molecule has 0 saturated carbocycles. The Labute approximate surface area is 102 Å². The molecule has 1 aromatic heterocycles. The van der Waals surface area contributed by atoms with Crippen LogP contribution in [-0.2, 0) is 10.3 Å². The first-order valence-electron chi connectivity index (χ1n) is 6.23. The van der Waals surface area contributed by atoms with Crippen LogP contribution in [-0.4, -0.2) is 39.5 Å². The summed E-state index contributed by atoms with van der Waals surface area (Å²) in [6.07, 6.45) is 1.09. The molecule has 0 radical (unpaired) electrons. The van der Waals surface area contributed by atoms with E-state index in [0.29, 0.717) is 0 Å². The molecule has 1 fully saturated rings. The zero-order valence-electron chi connectivity index (χ0n) is 11.0. The maximum Gasteiger partial charge on any atom is 0.168 e. The predicted octanol–water partition coefficient (Wildman–Crippen LogP) is 0.868. The maximum atomic E-state index is 5.65. The van der Waals surface area contributed by atoms with E-state index in [9.17, 15) is 0 Å². The minimum absolute atomic E-state index is 0.136. The predicted molar refractivity (Wildman–Crippen MR) is 63.6 cm³/mol. The van der Waals surface area contributed by atoms with E-state index >= 15 is 0 Å². The van der Waals surface area contributed by atoms with Crippen LogP contribution in [0.15, 0.2) is 0 Å². The molecule has 1 aromatic rings. The third-order valence-electron chi connectivity index (χ3n) is 3.73. The molecule has 0 spiro atoms. The Morgan fingerprint density at radius 2 is 2.41 bits per heavy atom. The molecule has 2 heterocycles. The van der Waals surface area contributed by atoms with E-state index in [0.717, 1.165) is 25.4 Å². The van der Waals surface area contributed by atoms with E-state index in [2.05, 4.69) is 48.5 Å². The van der Waals surface area contributed by atoms with Crippen molar-refractivity contribution in [2.75, 3.05) is 13.2 Å². The van der Waals surface area contributed by atoms with Crippen LogP contribution in [0.4, 0.5) is 0 Å². The second-order valence-electron chi connectivity index (χ2n) is 4.85. The average Bonchev–Trinajstić information content (AvgIpc) is 2.88. The van der Waals surface area contributed by atoms with Crippen LogP contribution in [0.3, 0.4) is 0 Å². The zero-order valence-corrected chi connectivity index (χ0v) is 11.0. The van der Waals surface area contributed by atoms with Gasteiger partial charge in [-0.25, -0.2) is 4.68 Å². The summed E-state index contributed by atoms with van der Waals surface area (Å²) in [7, 11) is 0. The van der Waals surface area contributed by atoms with Crippen molar-refractivity contribution in [2.45, 2.75) is 51.8 Å². The molecule has 1 aliphatic rings. The van der Waals surface area contributed by atoms with Gasteiger partial charge in [0.25, 0.3) is 0 Å². The highest BCUT2D eigenvalue weighted by Gasteiger charge is 2.42. The molecule has 3 atom stereocenters. The molecule has 96 valence electrons. The number of rotatable bonds is 4. The van der Waals surface area contributed by atoms with Gasteiger partial charge in [-0.2, -0.15) is 0 Å². The van der Waals surface area contributed by atoms with Crippen LogP contribution >= 0.6 is 0 Å². The minimum atomic E-state index is -0.136. The quantitative estimate of drug-likeness (QED) is 0.844. The van der Waals surface area contributed by atoms with Gasteiger partial charge < -0.3 is 10.1 Å². The molecule has 1 aliphatic heterocycles. The third kappa shape index (κ3) is 2.07. The van der Waals surface area contributed by atoms with E-state index in [1.807, 2.05) is 4.68 Å². The number of nitrogens with one attached hydrogen (secondary N) is 1. The van der Waals surface area contributed by atoms with Crippen molar-refractivity contribution < 1.29 is 4.74 Å². The fourth-order valence-electron chi connectivity index (χ4n) is 2.33. The van der Waals surface area contributed by atoms with Gasteiger partial charge in [0, 0.05) is 6.61 Å². The lowest BCUT2D eigenvalue weighted by atomic mass is 9.94. The first-order valence-corrected chi connectivity index (χ1v) is 6.23. The van der Waals surface area contributed by atoms with Crippen LogP contribution in [0, 0.1) is 0 Å². The Balaban J connectivity index is 2.30. The highest BCUT2D eigenvalue weighted by atomic mass is 16.5. The van der Waals surface area contributed by atoms with Crippen molar-refractivity contribution >= 4 is 0 Å². The molecule has 6 nitrogen and oxygen atoms in total. The van der Waals surface area contributed by atoms with Crippen molar-refractivity contribution in [1.82, 2.24) is 25.5 Å². The summed E-state index contributed by atoms with van der Waals surface area (Å²) in [5.41, 5.74) is -0.136. The fraction of sp³-hybridized carbons (Fsp3) is 0.909. The summed E-state index contributed by atoms with van der Waals surface area (Å²) in [5, 5.41) is 15.5. The Bertz CT molecular complexity index is 380. The first kappa shape index (κ1) is 12.4. The molecular formula is C11H21N5O. The lowest BCUT2D eigenvalue weighted by molar-refractivity contribution is 0.0677. The molecule has 6 heteroatoms. The smallest absolute Gasteiger partial charge is 0.168 e. The molecular weight excluding hydrogens is 218 g/mol. The monoisotopic (exact) mass is 239 g/mol. The van der Waals surface area contributed by atoms with Crippen LogP contribution in [0.2, 0.25) is 0 Å². The topological polar surface area (TPSA) is 64.9 Å². The summed E-state index contributed by atoms with van der Waals surface area (Å²) >= 11 is 0. The van der Waals surface area contributed by atoms with E-state index < -0.39 is 0 Å². The summed E-state index contributed by atoms with van der Waals surface area (Å²) < 4.78 is 7.58. The number of nitrogens with zero attached hydrogens (tertiary/aromatic N) is 4. The molecule has 2 rings (SSSR count). The minimum Gasteiger partial charge on any atom is -0.376 e. The van der Waals surface area contributed by atoms with Crippen LogP contribution in [0.1, 0.15) is 46.0 Å². The van der Waals surface area contributed by atoms with E-state index in [1.165, 1.54) is 0 Å². The van der Waals surface area contributed by atoms with E-state index in [-0.39, 0.29) is 17.7 Å². The lowest BCUT2D eigenvalue weighted by Crippen LogP contribution is -2.40. The Kier molecular flexibility index (Phi) is 3.44. The molecule has 0 aliphatic carbocycles. The number of ether oxygens (including phenoxy) is 1. The number of hydrogen-bond donors (Lipinski definition) is 1. The normalized spacial score (nSPS) is 30.7. The van der Waals surface area contributed by atoms with Gasteiger partial charge in [0.1, 0.15) is 0 Å². The summed E-state index contributed by atoms with van der Waals surface area (Å²) in [5.74, 6) is 0.881. The zero-order chi connectivity index (χ0) is 12.5. The molecule has 0 amide bonds. The molecule has 0 bridgehead atoms. The highest BCUT2D eigenvalue weighted by molar-refractivity contribution is 5.00. The first-order chi connectivity index (χ1) is 8.09. The van der Waals surface area contributed by atoms with Crippen molar-refractivity contribution in [2.24, 2.45) is 0 Å². The van der Waals surface area contributed by atoms with Gasteiger partial charge in [0.2, 0.25) is 0 Å². The van der Waals surface area contributed by atoms with Crippen LogP contribution in [0.25, 0.3) is 0 Å². The largest absolute Gasteiger partial charge is 0.376 e. The Hall–Kier alpha value is -1.01. The average molecular weight is 239 g/mol. The van der Waals surface area contributed by atoms with E-state index in [4.69, 9.17) is 4.74 Å². The molecule has 17 heavy (non-hydrogen) atoms. The fourth-order valence-corrected chi connectivity index (χ4v) is 2.33. The van der Waals surface area contributed by atoms with Gasteiger partial charge in [0.15, 0.2) is 5.82 Å². The second-order valence-corrected chi connectivity index (χ2v) is 4.85. The molecule has 1 N–H and O–H groups in total. The van der Waals surface area contributed by atoms with Crippen molar-refractivity contribution in [3.63, 3.8) is 0 Å². The van der Waals surface area contributed by atoms with Crippen molar-refractivity contribution in [1.29, 1.82) is 0 Å². The van der Waals surface area contributed by atoms with Crippen LogP contribution < -0.4 is 5.32 Å². The number of aromatic nitrogens is 4. The summed E-state index contributed by atoms with van der Waals surface area (Å²) in [4.78, 5) is 0. The lowest BCUT2D eigenvalue weighted by Gasteiger charge is -2.29. The second kappa shape index (κ2) is 4.70.